The van der Waals surface area contributed by atoms with Crippen molar-refractivity contribution in [1.82, 2.24) is 19.9 Å². The van der Waals surface area contributed by atoms with E-state index in [1.165, 1.54) is 12.1 Å². The minimum atomic E-state index is -0.364. The number of carbonyl (C=O) groups is 1. The number of anilines is 2. The highest BCUT2D eigenvalue weighted by Crippen LogP contribution is 2.30. The Balaban J connectivity index is 1.68. The summed E-state index contributed by atoms with van der Waals surface area (Å²) in [4.78, 5) is 24.2. The van der Waals surface area contributed by atoms with Gasteiger partial charge in [-0.2, -0.15) is 0 Å². The van der Waals surface area contributed by atoms with Crippen LogP contribution in [0.25, 0.3) is 11.0 Å². The van der Waals surface area contributed by atoms with Gasteiger partial charge in [-0.25, -0.2) is 14.4 Å². The molecule has 2 aromatic heterocycles. The summed E-state index contributed by atoms with van der Waals surface area (Å²) in [7, 11) is 6.86. The lowest BCUT2D eigenvalue weighted by Crippen LogP contribution is -2.25. The van der Waals surface area contributed by atoms with Gasteiger partial charge in [-0.3, -0.25) is 4.79 Å². The van der Waals surface area contributed by atoms with Crippen molar-refractivity contribution in [1.29, 1.82) is 0 Å². The summed E-state index contributed by atoms with van der Waals surface area (Å²) >= 11 is 0. The van der Waals surface area contributed by atoms with E-state index in [0.717, 1.165) is 22.3 Å². The van der Waals surface area contributed by atoms with Gasteiger partial charge in [0.1, 0.15) is 28.7 Å². The van der Waals surface area contributed by atoms with Crippen LogP contribution in [0.1, 0.15) is 28.5 Å². The number of fused-ring (bicyclic) bond motifs is 1. The van der Waals surface area contributed by atoms with Crippen LogP contribution in [0.5, 0.6) is 11.5 Å². The predicted octanol–water partition coefficient (Wildman–Crippen LogP) is 4.38. The molecule has 2 aromatic carbocycles. The van der Waals surface area contributed by atoms with Gasteiger partial charge in [-0.05, 0) is 42.3 Å². The molecule has 2 heterocycles. The molecule has 0 bridgehead atoms. The van der Waals surface area contributed by atoms with Gasteiger partial charge >= 0.3 is 0 Å². The molecule has 182 valence electrons. The van der Waals surface area contributed by atoms with Crippen LogP contribution in [0.4, 0.5) is 15.9 Å². The third kappa shape index (κ3) is 4.75. The number of halogens is 1. The fraction of sp³-hybridized carbons (Fsp3) is 0.269. The molecule has 1 amide bonds. The van der Waals surface area contributed by atoms with Crippen LogP contribution in [0.2, 0.25) is 0 Å². The highest BCUT2D eigenvalue weighted by atomic mass is 19.1. The van der Waals surface area contributed by atoms with E-state index < -0.39 is 0 Å². The molecule has 0 aliphatic rings. The molecule has 1 N–H and O–H groups in total. The van der Waals surface area contributed by atoms with Gasteiger partial charge in [0.25, 0.3) is 5.91 Å². The molecule has 8 nitrogen and oxygen atoms in total. The van der Waals surface area contributed by atoms with Crippen LogP contribution in [-0.2, 0) is 20.0 Å². The van der Waals surface area contributed by atoms with E-state index in [0.29, 0.717) is 29.3 Å². The number of nitrogens with one attached hydrogen (secondary N) is 1. The quantitative estimate of drug-likeness (QED) is 0.406. The largest absolute Gasteiger partial charge is 0.497 e. The van der Waals surface area contributed by atoms with Gasteiger partial charge in [-0.15, -0.1) is 0 Å². The van der Waals surface area contributed by atoms with Gasteiger partial charge in [0.2, 0.25) is 0 Å². The summed E-state index contributed by atoms with van der Waals surface area (Å²) in [5.41, 5.74) is 3.92. The summed E-state index contributed by atoms with van der Waals surface area (Å²) in [6.45, 7) is 2.20. The zero-order valence-corrected chi connectivity index (χ0v) is 20.4. The van der Waals surface area contributed by atoms with E-state index in [1.54, 1.807) is 32.7 Å². The highest BCUT2D eigenvalue weighted by Gasteiger charge is 2.20. The molecule has 9 heteroatoms. The molecule has 4 aromatic rings. The number of pyridine rings is 1. The van der Waals surface area contributed by atoms with Gasteiger partial charge in [0.05, 0.1) is 26.1 Å². The number of nitrogens with zero attached hydrogens (tertiary/aromatic N) is 4. The zero-order chi connectivity index (χ0) is 25.1. The molecule has 0 aliphatic carbocycles. The first-order valence-corrected chi connectivity index (χ1v) is 11.2. The van der Waals surface area contributed by atoms with E-state index in [4.69, 9.17) is 9.47 Å². The van der Waals surface area contributed by atoms with Crippen LogP contribution in [0.15, 0.2) is 48.8 Å². The van der Waals surface area contributed by atoms with Crippen molar-refractivity contribution in [3.05, 3.63) is 71.4 Å². The van der Waals surface area contributed by atoms with Crippen LogP contribution < -0.4 is 19.7 Å². The van der Waals surface area contributed by atoms with Crippen LogP contribution in [0, 0.1) is 5.82 Å². The van der Waals surface area contributed by atoms with Crippen molar-refractivity contribution < 1.29 is 18.7 Å². The fourth-order valence-corrected chi connectivity index (χ4v) is 3.99. The molecule has 0 saturated carbocycles. The average molecular weight is 478 g/mol. The number of aromatic nitrogens is 3. The lowest BCUT2D eigenvalue weighted by Gasteiger charge is -2.22. The molecule has 4 rings (SSSR count). The normalized spacial score (nSPS) is 10.9. The number of benzene rings is 2. The first-order chi connectivity index (χ1) is 16.9. The first kappa shape index (κ1) is 24.0. The number of methoxy groups -OCH3 is 2. The second-order valence-corrected chi connectivity index (χ2v) is 8.10. The maximum atomic E-state index is 13.8. The Hall–Kier alpha value is -4.14. The van der Waals surface area contributed by atoms with Crippen molar-refractivity contribution in [2.75, 3.05) is 26.2 Å². The van der Waals surface area contributed by atoms with Crippen LogP contribution in [-0.4, -0.2) is 41.7 Å². The second kappa shape index (κ2) is 10.0. The fourth-order valence-electron chi connectivity index (χ4n) is 3.99. The van der Waals surface area contributed by atoms with Crippen molar-refractivity contribution in [2.45, 2.75) is 19.9 Å². The molecular weight excluding hydrogens is 449 g/mol. The second-order valence-electron chi connectivity index (χ2n) is 8.10. The van der Waals surface area contributed by atoms with Crippen molar-refractivity contribution in [2.24, 2.45) is 7.05 Å². The number of carbonyl (C=O) groups excluding carboxylic acids is 1. The van der Waals surface area contributed by atoms with E-state index in [1.807, 2.05) is 48.7 Å². The number of imidazole rings is 1. The Morgan fingerprint density at radius 1 is 1.11 bits per heavy atom. The molecule has 0 atom stereocenters. The number of ether oxygens (including phenoxy) is 2. The standard InChI is InChI=1S/C26H28FN5O3/c1-6-16-11-18(27)8-10-20(16)32(3)23-13-21-24(29-15-31(21)2)25(30-23)26(33)28-14-17-7-9-19(34-4)12-22(17)35-5/h7-13,15H,6,14H2,1-5H3,(H,28,33). The number of hydrogen-bond acceptors (Lipinski definition) is 6. The highest BCUT2D eigenvalue weighted by molar-refractivity contribution is 6.04. The number of aryl methyl sites for hydroxylation is 2. The van der Waals surface area contributed by atoms with Crippen molar-refractivity contribution in [3.63, 3.8) is 0 Å². The van der Waals surface area contributed by atoms with Gasteiger partial charge in [0, 0.05) is 44.0 Å². The van der Waals surface area contributed by atoms with Gasteiger partial charge in [0.15, 0.2) is 5.69 Å². The maximum Gasteiger partial charge on any atom is 0.272 e. The Labute approximate surface area is 203 Å². The summed E-state index contributed by atoms with van der Waals surface area (Å²) < 4.78 is 26.3. The number of hydrogen-bond donors (Lipinski definition) is 1. The Kier molecular flexibility index (Phi) is 6.86. The zero-order valence-electron chi connectivity index (χ0n) is 20.4. The Morgan fingerprint density at radius 2 is 1.91 bits per heavy atom. The van der Waals surface area contributed by atoms with Crippen LogP contribution >= 0.6 is 0 Å². The third-order valence-corrected chi connectivity index (χ3v) is 5.98. The van der Waals surface area contributed by atoms with E-state index in [2.05, 4.69) is 15.3 Å². The summed E-state index contributed by atoms with van der Waals surface area (Å²) in [5, 5.41) is 2.93. The molecule has 0 saturated heterocycles. The van der Waals surface area contributed by atoms with Crippen LogP contribution in [0.3, 0.4) is 0 Å². The van der Waals surface area contributed by atoms with E-state index in [-0.39, 0.29) is 24.0 Å². The topological polar surface area (TPSA) is 81.5 Å². The first-order valence-electron chi connectivity index (χ1n) is 11.2. The molecule has 35 heavy (non-hydrogen) atoms. The number of rotatable bonds is 8. The molecule has 0 unspecified atom stereocenters. The minimum Gasteiger partial charge on any atom is -0.497 e. The minimum absolute atomic E-state index is 0.206. The lowest BCUT2D eigenvalue weighted by atomic mass is 10.1. The lowest BCUT2D eigenvalue weighted by molar-refractivity contribution is 0.0947. The van der Waals surface area contributed by atoms with Crippen molar-refractivity contribution >= 4 is 28.4 Å². The molecule has 0 fully saturated rings. The predicted molar refractivity (Wildman–Crippen MR) is 133 cm³/mol. The van der Waals surface area contributed by atoms with Gasteiger partial charge < -0.3 is 24.3 Å². The van der Waals surface area contributed by atoms with Crippen molar-refractivity contribution in [3.8, 4) is 11.5 Å². The summed E-state index contributed by atoms with van der Waals surface area (Å²) in [5.74, 6) is 1.17. The average Bonchev–Trinajstić information content (AvgIpc) is 3.26. The molecule has 0 aliphatic heterocycles. The Morgan fingerprint density at radius 3 is 2.63 bits per heavy atom. The van der Waals surface area contributed by atoms with E-state index >= 15 is 0 Å². The summed E-state index contributed by atoms with van der Waals surface area (Å²) in [6.07, 6.45) is 2.30. The van der Waals surface area contributed by atoms with E-state index in [9.17, 15) is 9.18 Å². The molecule has 0 radical (unpaired) electrons. The smallest absolute Gasteiger partial charge is 0.272 e. The molecular formula is C26H28FN5O3. The number of amides is 1. The Bertz CT molecular complexity index is 1390. The maximum absolute atomic E-state index is 13.8. The van der Waals surface area contributed by atoms with Gasteiger partial charge in [-0.1, -0.05) is 6.92 Å². The monoisotopic (exact) mass is 477 g/mol. The molecule has 0 spiro atoms. The SMILES string of the molecule is CCc1cc(F)ccc1N(C)c1cc2c(ncn2C)c(C(=O)NCc2ccc(OC)cc2OC)n1. The summed E-state index contributed by atoms with van der Waals surface area (Å²) in [6, 6.07) is 11.9. The third-order valence-electron chi connectivity index (χ3n) is 5.98.